The lowest BCUT2D eigenvalue weighted by molar-refractivity contribution is -0.126. The number of carbonyl (C=O) groups is 1. The van der Waals surface area contributed by atoms with Crippen molar-refractivity contribution in [2.24, 2.45) is 11.8 Å². The Bertz CT molecular complexity index is 1080. The van der Waals surface area contributed by atoms with Crippen LogP contribution in [0.1, 0.15) is 58.3 Å². The molecule has 1 saturated carbocycles. The van der Waals surface area contributed by atoms with E-state index in [1.807, 2.05) is 35.8 Å². The molecule has 0 saturated heterocycles. The van der Waals surface area contributed by atoms with Crippen molar-refractivity contribution in [3.8, 4) is 0 Å². The summed E-state index contributed by atoms with van der Waals surface area (Å²) < 4.78 is 4.34. The van der Waals surface area contributed by atoms with Gasteiger partial charge in [0.25, 0.3) is 5.56 Å². The monoisotopic (exact) mass is 400 g/mol. The molecule has 3 aromatic heterocycles. The molecule has 1 aliphatic carbocycles. The molecule has 7 heteroatoms. The van der Waals surface area contributed by atoms with Gasteiger partial charge in [-0.2, -0.15) is 5.10 Å². The van der Waals surface area contributed by atoms with E-state index in [0.717, 1.165) is 23.1 Å². The van der Waals surface area contributed by atoms with Gasteiger partial charge in [-0.3, -0.25) is 14.0 Å². The lowest BCUT2D eigenvalue weighted by atomic mass is 9.78. The highest BCUT2D eigenvalue weighted by atomic mass is 32.1. The van der Waals surface area contributed by atoms with Crippen LogP contribution in [0, 0.1) is 18.8 Å². The van der Waals surface area contributed by atoms with E-state index in [1.54, 1.807) is 11.3 Å². The third kappa shape index (κ3) is 3.05. The minimum Gasteiger partial charge on any atom is -0.351 e. The van der Waals surface area contributed by atoms with E-state index < -0.39 is 6.04 Å². The third-order valence-electron chi connectivity index (χ3n) is 6.45. The zero-order valence-corrected chi connectivity index (χ0v) is 17.8. The summed E-state index contributed by atoms with van der Waals surface area (Å²) in [4.78, 5) is 26.3. The molecule has 4 rings (SSSR count). The second kappa shape index (κ2) is 7.35. The van der Waals surface area contributed by atoms with Crippen LogP contribution in [0.5, 0.6) is 0 Å². The fourth-order valence-corrected chi connectivity index (χ4v) is 5.34. The Kier molecular flexibility index (Phi) is 5.04. The van der Waals surface area contributed by atoms with Gasteiger partial charge in [0.15, 0.2) is 0 Å². The summed E-state index contributed by atoms with van der Waals surface area (Å²) in [5, 5.41) is 9.77. The van der Waals surface area contributed by atoms with Gasteiger partial charge in [-0.25, -0.2) is 4.68 Å². The predicted molar refractivity (Wildman–Crippen MR) is 113 cm³/mol. The van der Waals surface area contributed by atoms with Crippen molar-refractivity contribution < 1.29 is 4.79 Å². The molecule has 1 aliphatic rings. The van der Waals surface area contributed by atoms with Crippen molar-refractivity contribution in [3.05, 3.63) is 33.7 Å². The van der Waals surface area contributed by atoms with Crippen LogP contribution < -0.4 is 10.9 Å². The highest BCUT2D eigenvalue weighted by Crippen LogP contribution is 2.30. The first-order valence-corrected chi connectivity index (χ1v) is 11.1. The van der Waals surface area contributed by atoms with Crippen molar-refractivity contribution in [2.45, 2.75) is 65.5 Å². The van der Waals surface area contributed by atoms with E-state index in [1.165, 1.54) is 11.1 Å². The van der Waals surface area contributed by atoms with Crippen molar-refractivity contribution in [1.82, 2.24) is 19.5 Å². The molecule has 4 atom stereocenters. The Morgan fingerprint density at radius 3 is 2.89 bits per heavy atom. The van der Waals surface area contributed by atoms with Crippen LogP contribution in [0.3, 0.4) is 0 Å². The first-order chi connectivity index (χ1) is 13.4. The summed E-state index contributed by atoms with van der Waals surface area (Å²) in [5.74, 6) is 1.67. The summed E-state index contributed by atoms with van der Waals surface area (Å²) in [7, 11) is 0. The fraction of sp³-hybridized carbons (Fsp3) is 0.571. The predicted octanol–water partition coefficient (Wildman–Crippen LogP) is 3.91. The van der Waals surface area contributed by atoms with Crippen LogP contribution in [0.2, 0.25) is 0 Å². The molecule has 0 unspecified atom stereocenters. The van der Waals surface area contributed by atoms with E-state index in [9.17, 15) is 9.59 Å². The van der Waals surface area contributed by atoms with E-state index in [0.29, 0.717) is 29.6 Å². The molecule has 28 heavy (non-hydrogen) atoms. The average Bonchev–Trinajstić information content (AvgIpc) is 3.25. The van der Waals surface area contributed by atoms with Gasteiger partial charge in [-0.15, -0.1) is 11.3 Å². The zero-order chi connectivity index (χ0) is 20.0. The van der Waals surface area contributed by atoms with Crippen LogP contribution in [0.15, 0.2) is 22.3 Å². The van der Waals surface area contributed by atoms with Gasteiger partial charge in [0.05, 0.1) is 10.2 Å². The lowest BCUT2D eigenvalue weighted by Crippen LogP contribution is -2.48. The Morgan fingerprint density at radius 2 is 2.14 bits per heavy atom. The number of aryl methyl sites for hydroxylation is 1. The van der Waals surface area contributed by atoms with Gasteiger partial charge in [-0.05, 0) is 49.1 Å². The number of hydrogen-bond acceptors (Lipinski definition) is 4. The van der Waals surface area contributed by atoms with E-state index in [2.05, 4.69) is 24.3 Å². The topological polar surface area (TPSA) is 68.4 Å². The minimum atomic E-state index is -0.589. The molecule has 1 fully saturated rings. The molecule has 3 heterocycles. The molecule has 0 aliphatic heterocycles. The first kappa shape index (κ1) is 19.2. The molecular weight excluding hydrogens is 372 g/mol. The summed E-state index contributed by atoms with van der Waals surface area (Å²) in [6.45, 7) is 8.28. The molecule has 1 amide bonds. The highest BCUT2D eigenvalue weighted by Gasteiger charge is 2.31. The zero-order valence-electron chi connectivity index (χ0n) is 16.9. The number of hydrogen-bond donors (Lipinski definition) is 1. The number of amides is 1. The number of fused-ring (bicyclic) bond motifs is 3. The molecule has 0 spiro atoms. The van der Waals surface area contributed by atoms with Gasteiger partial charge in [0, 0.05) is 6.04 Å². The number of aromatic nitrogens is 3. The molecule has 0 aromatic carbocycles. The summed E-state index contributed by atoms with van der Waals surface area (Å²) in [6, 6.07) is 3.49. The Hall–Kier alpha value is -2.15. The van der Waals surface area contributed by atoms with Crippen LogP contribution in [0.25, 0.3) is 15.7 Å². The standard InChI is InChI=1S/C21H28N4O2S/c1-5-16(20(26)22-15-8-6-7-12(2)13(15)3)25-21(27)18-11-19-17(9-10-28-19)24(18)14(4)23-25/h9-13,15-16H,5-8H2,1-4H3,(H,22,26)/t12-,13+,15-,16-/m1/s1. The van der Waals surface area contributed by atoms with Crippen LogP contribution in [-0.2, 0) is 4.79 Å². The fourth-order valence-electron chi connectivity index (χ4n) is 4.54. The normalized spacial score (nSPS) is 23.9. The number of carbonyl (C=O) groups excluding carboxylic acids is 1. The van der Waals surface area contributed by atoms with Crippen molar-refractivity contribution in [3.63, 3.8) is 0 Å². The van der Waals surface area contributed by atoms with Crippen molar-refractivity contribution >= 4 is 33.0 Å². The second-order valence-electron chi connectivity index (χ2n) is 8.14. The van der Waals surface area contributed by atoms with Crippen LogP contribution >= 0.6 is 11.3 Å². The van der Waals surface area contributed by atoms with E-state index in [-0.39, 0.29) is 17.5 Å². The quantitative estimate of drug-likeness (QED) is 0.722. The third-order valence-corrected chi connectivity index (χ3v) is 7.30. The van der Waals surface area contributed by atoms with Gasteiger partial charge in [0.2, 0.25) is 5.91 Å². The molecular formula is C21H28N4O2S. The van der Waals surface area contributed by atoms with Crippen LogP contribution in [0.4, 0.5) is 0 Å². The molecule has 1 N–H and O–H groups in total. The summed E-state index contributed by atoms with van der Waals surface area (Å²) in [5.41, 5.74) is 1.37. The molecule has 150 valence electrons. The number of thiophene rings is 1. The van der Waals surface area contributed by atoms with Crippen LogP contribution in [-0.4, -0.2) is 26.1 Å². The average molecular weight is 401 g/mol. The maximum Gasteiger partial charge on any atom is 0.291 e. The van der Waals surface area contributed by atoms with Crippen molar-refractivity contribution in [1.29, 1.82) is 0 Å². The van der Waals surface area contributed by atoms with E-state index in [4.69, 9.17) is 0 Å². The summed E-state index contributed by atoms with van der Waals surface area (Å²) >= 11 is 1.60. The van der Waals surface area contributed by atoms with E-state index >= 15 is 0 Å². The van der Waals surface area contributed by atoms with Crippen molar-refractivity contribution in [2.75, 3.05) is 0 Å². The Morgan fingerprint density at radius 1 is 1.36 bits per heavy atom. The molecule has 3 aromatic rings. The second-order valence-corrected chi connectivity index (χ2v) is 9.09. The van der Waals surface area contributed by atoms with Gasteiger partial charge in [-0.1, -0.05) is 33.6 Å². The molecule has 0 radical (unpaired) electrons. The number of nitrogens with one attached hydrogen (secondary N) is 1. The lowest BCUT2D eigenvalue weighted by Gasteiger charge is -2.35. The largest absolute Gasteiger partial charge is 0.351 e. The van der Waals surface area contributed by atoms with Gasteiger partial charge < -0.3 is 5.32 Å². The van der Waals surface area contributed by atoms with Gasteiger partial charge >= 0.3 is 0 Å². The smallest absolute Gasteiger partial charge is 0.291 e. The minimum absolute atomic E-state index is 0.0971. The molecule has 0 bridgehead atoms. The maximum absolute atomic E-state index is 13.2. The summed E-state index contributed by atoms with van der Waals surface area (Å²) in [6.07, 6.45) is 3.88. The maximum atomic E-state index is 13.2. The number of nitrogens with zero attached hydrogens (tertiary/aromatic N) is 3. The highest BCUT2D eigenvalue weighted by molar-refractivity contribution is 7.17. The molecule has 6 nitrogen and oxygen atoms in total. The number of rotatable bonds is 4. The first-order valence-electron chi connectivity index (χ1n) is 10.2. The Labute approximate surface area is 168 Å². The Balaban J connectivity index is 1.69. The SMILES string of the molecule is CC[C@H](C(=O)N[C@@H]1CCC[C@@H](C)[C@@H]1C)n1nc(C)n2c(cc3sccc32)c1=O. The van der Waals surface area contributed by atoms with Gasteiger partial charge in [0.1, 0.15) is 17.4 Å².